The van der Waals surface area contributed by atoms with Gasteiger partial charge in [-0.1, -0.05) is 46.9 Å². The Balaban J connectivity index is 2.19. The van der Waals surface area contributed by atoms with Crippen LogP contribution in [-0.2, 0) is 0 Å². The average molecular weight is 356 g/mol. The van der Waals surface area contributed by atoms with E-state index in [-0.39, 0.29) is 0 Å². The van der Waals surface area contributed by atoms with E-state index in [0.29, 0.717) is 31.9 Å². The fourth-order valence-electron chi connectivity index (χ4n) is 1.99. The zero-order chi connectivity index (χ0) is 15.0. The maximum absolute atomic E-state index is 6.24. The number of benzene rings is 2. The summed E-state index contributed by atoms with van der Waals surface area (Å²) >= 11 is 20.1. The molecule has 0 unspecified atom stereocenters. The highest BCUT2D eigenvalue weighted by Gasteiger charge is 2.11. The number of aromatic nitrogens is 2. The zero-order valence-electron chi connectivity index (χ0n) is 10.9. The van der Waals surface area contributed by atoms with Crippen molar-refractivity contribution in [3.63, 3.8) is 0 Å². The number of fused-ring (bicyclic) bond motifs is 1. The number of hydrogen-bond acceptors (Lipinski definition) is 3. The summed E-state index contributed by atoms with van der Waals surface area (Å²) < 4.78 is 0. The summed E-state index contributed by atoms with van der Waals surface area (Å²) in [5.74, 6) is 0.546. The van der Waals surface area contributed by atoms with Gasteiger partial charge in [0.15, 0.2) is 5.82 Å². The molecule has 106 valence electrons. The maximum atomic E-state index is 6.24. The minimum atomic E-state index is 0.341. The van der Waals surface area contributed by atoms with Crippen LogP contribution in [0.4, 0.5) is 0 Å². The highest BCUT2D eigenvalue weighted by Crippen LogP contribution is 2.32. The first-order valence-electron chi connectivity index (χ1n) is 6.05. The summed E-state index contributed by atoms with van der Waals surface area (Å²) in [5, 5.41) is 1.96. The highest BCUT2D eigenvalue weighted by molar-refractivity contribution is 7.98. The van der Waals surface area contributed by atoms with Crippen molar-refractivity contribution in [2.24, 2.45) is 0 Å². The fourth-order valence-corrected chi connectivity index (χ4v) is 3.16. The van der Waals surface area contributed by atoms with Crippen molar-refractivity contribution in [2.75, 3.05) is 6.26 Å². The summed E-state index contributed by atoms with van der Waals surface area (Å²) in [7, 11) is 0. The largest absolute Gasteiger partial charge is 0.226 e. The highest BCUT2D eigenvalue weighted by atomic mass is 35.5. The fraction of sp³-hybridized carbons (Fsp3) is 0.0667. The van der Waals surface area contributed by atoms with Gasteiger partial charge in [0, 0.05) is 20.9 Å². The first kappa shape index (κ1) is 14.9. The van der Waals surface area contributed by atoms with E-state index in [1.54, 1.807) is 23.9 Å². The van der Waals surface area contributed by atoms with E-state index in [4.69, 9.17) is 34.8 Å². The Morgan fingerprint density at radius 3 is 2.33 bits per heavy atom. The Morgan fingerprint density at radius 1 is 0.952 bits per heavy atom. The molecular formula is C15H9Cl3N2S. The second kappa shape index (κ2) is 6.01. The van der Waals surface area contributed by atoms with Crippen LogP contribution < -0.4 is 0 Å². The van der Waals surface area contributed by atoms with E-state index in [1.807, 2.05) is 30.5 Å². The van der Waals surface area contributed by atoms with Crippen molar-refractivity contribution in [3.8, 4) is 11.4 Å². The van der Waals surface area contributed by atoms with Crippen LogP contribution in [0.3, 0.4) is 0 Å². The lowest BCUT2D eigenvalue weighted by Gasteiger charge is -2.07. The molecule has 0 aliphatic heterocycles. The van der Waals surface area contributed by atoms with Gasteiger partial charge in [0.2, 0.25) is 0 Å². The first-order valence-corrected chi connectivity index (χ1v) is 8.41. The molecule has 0 atom stereocenters. The molecule has 0 aliphatic rings. The van der Waals surface area contributed by atoms with Crippen LogP contribution in [0.15, 0.2) is 41.3 Å². The molecule has 0 amide bonds. The Labute approximate surface area is 141 Å². The van der Waals surface area contributed by atoms with Crippen LogP contribution >= 0.6 is 46.6 Å². The molecule has 0 saturated carbocycles. The van der Waals surface area contributed by atoms with Crippen molar-refractivity contribution >= 4 is 57.5 Å². The van der Waals surface area contributed by atoms with Gasteiger partial charge < -0.3 is 0 Å². The molecule has 0 saturated heterocycles. The van der Waals surface area contributed by atoms with Crippen molar-refractivity contribution in [1.29, 1.82) is 0 Å². The third-order valence-electron chi connectivity index (χ3n) is 3.02. The predicted molar refractivity (Wildman–Crippen MR) is 91.8 cm³/mol. The van der Waals surface area contributed by atoms with E-state index in [2.05, 4.69) is 9.97 Å². The number of thioether (sulfide) groups is 1. The quantitative estimate of drug-likeness (QED) is 0.418. The molecule has 0 N–H and O–H groups in total. The number of halogens is 3. The monoisotopic (exact) mass is 354 g/mol. The van der Waals surface area contributed by atoms with Crippen LogP contribution in [0.1, 0.15) is 0 Å². The minimum Gasteiger partial charge on any atom is -0.226 e. The molecule has 0 spiro atoms. The van der Waals surface area contributed by atoms with Gasteiger partial charge in [0.25, 0.3) is 0 Å². The average Bonchev–Trinajstić information content (AvgIpc) is 2.48. The van der Waals surface area contributed by atoms with Crippen LogP contribution in [0.25, 0.3) is 22.3 Å². The summed E-state index contributed by atoms with van der Waals surface area (Å²) in [6.07, 6.45) is 2.03. The van der Waals surface area contributed by atoms with Gasteiger partial charge in [-0.3, -0.25) is 0 Å². The normalized spacial score (nSPS) is 11.0. The standard InChI is InChI=1S/C15H9Cl3N2S/c1-21-10-4-2-8(3-5-10)15-19-13-11(14(18)20-15)6-9(16)7-12(13)17/h2-7H,1H3. The molecule has 1 aromatic heterocycles. The Kier molecular flexibility index (Phi) is 4.27. The second-order valence-electron chi connectivity index (χ2n) is 4.35. The molecule has 0 fully saturated rings. The van der Waals surface area contributed by atoms with Gasteiger partial charge in [0.1, 0.15) is 5.15 Å². The van der Waals surface area contributed by atoms with Crippen molar-refractivity contribution in [1.82, 2.24) is 9.97 Å². The van der Waals surface area contributed by atoms with Crippen molar-refractivity contribution in [3.05, 3.63) is 51.6 Å². The van der Waals surface area contributed by atoms with Gasteiger partial charge in [-0.05, 0) is 30.5 Å². The van der Waals surface area contributed by atoms with Gasteiger partial charge in [0.05, 0.1) is 10.5 Å². The van der Waals surface area contributed by atoms with E-state index in [1.165, 1.54) is 4.90 Å². The smallest absolute Gasteiger partial charge is 0.161 e. The molecule has 0 bridgehead atoms. The van der Waals surface area contributed by atoms with E-state index < -0.39 is 0 Å². The third kappa shape index (κ3) is 2.97. The van der Waals surface area contributed by atoms with Gasteiger partial charge in [-0.25, -0.2) is 9.97 Å². The lowest BCUT2D eigenvalue weighted by molar-refractivity contribution is 1.22. The van der Waals surface area contributed by atoms with Gasteiger partial charge in [-0.15, -0.1) is 11.8 Å². The van der Waals surface area contributed by atoms with Crippen LogP contribution in [-0.4, -0.2) is 16.2 Å². The Bertz CT molecular complexity index is 819. The van der Waals surface area contributed by atoms with Crippen LogP contribution in [0.5, 0.6) is 0 Å². The number of hydrogen-bond donors (Lipinski definition) is 0. The lowest BCUT2D eigenvalue weighted by atomic mass is 10.2. The van der Waals surface area contributed by atoms with Gasteiger partial charge in [-0.2, -0.15) is 0 Å². The van der Waals surface area contributed by atoms with Crippen molar-refractivity contribution < 1.29 is 0 Å². The SMILES string of the molecule is CSc1ccc(-c2nc(Cl)c3cc(Cl)cc(Cl)c3n2)cc1. The Morgan fingerprint density at radius 2 is 1.67 bits per heavy atom. The predicted octanol–water partition coefficient (Wildman–Crippen LogP) is 5.98. The minimum absolute atomic E-state index is 0.341. The molecular weight excluding hydrogens is 347 g/mol. The van der Waals surface area contributed by atoms with E-state index >= 15 is 0 Å². The topological polar surface area (TPSA) is 25.8 Å². The number of nitrogens with zero attached hydrogens (tertiary/aromatic N) is 2. The summed E-state index contributed by atoms with van der Waals surface area (Å²) in [5.41, 5.74) is 1.49. The molecule has 3 rings (SSSR count). The van der Waals surface area contributed by atoms with Crippen molar-refractivity contribution in [2.45, 2.75) is 4.90 Å². The Hall–Kier alpha value is -1.00. The molecule has 2 aromatic carbocycles. The summed E-state index contributed by atoms with van der Waals surface area (Å²) in [6, 6.07) is 11.3. The van der Waals surface area contributed by atoms with E-state index in [9.17, 15) is 0 Å². The summed E-state index contributed by atoms with van der Waals surface area (Å²) in [6.45, 7) is 0. The molecule has 1 heterocycles. The molecule has 21 heavy (non-hydrogen) atoms. The summed E-state index contributed by atoms with van der Waals surface area (Å²) in [4.78, 5) is 10.0. The second-order valence-corrected chi connectivity index (χ2v) is 6.43. The molecule has 6 heteroatoms. The molecule has 0 radical (unpaired) electrons. The number of rotatable bonds is 2. The lowest BCUT2D eigenvalue weighted by Crippen LogP contribution is -1.92. The van der Waals surface area contributed by atoms with E-state index in [0.717, 1.165) is 5.56 Å². The third-order valence-corrected chi connectivity index (χ3v) is 4.56. The van der Waals surface area contributed by atoms with Gasteiger partial charge >= 0.3 is 0 Å². The molecule has 2 nitrogen and oxygen atoms in total. The molecule has 0 aliphatic carbocycles. The zero-order valence-corrected chi connectivity index (χ0v) is 14.0. The first-order chi connectivity index (χ1) is 10.1. The van der Waals surface area contributed by atoms with Crippen LogP contribution in [0.2, 0.25) is 15.2 Å². The maximum Gasteiger partial charge on any atom is 0.161 e. The molecule has 3 aromatic rings. The van der Waals surface area contributed by atoms with Crippen LogP contribution in [0, 0.1) is 0 Å².